The smallest absolute Gasteiger partial charge is 0.251 e. The minimum atomic E-state index is -0.370. The molecule has 0 spiro atoms. The lowest BCUT2D eigenvalue weighted by molar-refractivity contribution is 0.100. The Kier molecular flexibility index (Phi) is 4.35. The van der Waals surface area contributed by atoms with Crippen molar-refractivity contribution in [3.8, 4) is 0 Å². The Hall–Kier alpha value is -1.51. The molecule has 0 bridgehead atoms. The van der Waals surface area contributed by atoms with E-state index in [-0.39, 0.29) is 5.91 Å². The van der Waals surface area contributed by atoms with Gasteiger partial charge in [-0.1, -0.05) is 26.0 Å². The molecule has 0 fully saturated rings. The highest BCUT2D eigenvalue weighted by atomic mass is 16.1. The van der Waals surface area contributed by atoms with Crippen LogP contribution in [0, 0.1) is 12.8 Å². The highest BCUT2D eigenvalue weighted by Gasteiger charge is 2.10. The molecular weight excluding hydrogens is 200 g/mol. The molecule has 1 amide bonds. The molecule has 0 saturated heterocycles. The van der Waals surface area contributed by atoms with Crippen LogP contribution in [0.4, 0.5) is 5.69 Å². The number of carbonyl (C=O) groups excluding carboxylic acids is 1. The van der Waals surface area contributed by atoms with E-state index in [2.05, 4.69) is 19.2 Å². The van der Waals surface area contributed by atoms with E-state index in [9.17, 15) is 4.79 Å². The van der Waals surface area contributed by atoms with Crippen LogP contribution < -0.4 is 11.1 Å². The molecule has 0 atom stereocenters. The minimum absolute atomic E-state index is 0.370. The van der Waals surface area contributed by atoms with Crippen LogP contribution in [0.25, 0.3) is 0 Å². The van der Waals surface area contributed by atoms with Gasteiger partial charge in [-0.3, -0.25) is 4.79 Å². The van der Waals surface area contributed by atoms with E-state index in [4.69, 9.17) is 5.73 Å². The third-order valence-electron chi connectivity index (χ3n) is 2.56. The summed E-state index contributed by atoms with van der Waals surface area (Å²) in [6, 6.07) is 5.72. The Balaban J connectivity index is 2.79. The van der Waals surface area contributed by atoms with Crippen molar-refractivity contribution in [1.29, 1.82) is 0 Å². The number of nitrogens with one attached hydrogen (secondary N) is 1. The summed E-state index contributed by atoms with van der Waals surface area (Å²) in [4.78, 5) is 11.3. The van der Waals surface area contributed by atoms with Crippen molar-refractivity contribution in [3.05, 3.63) is 29.3 Å². The zero-order valence-electron chi connectivity index (χ0n) is 10.2. The summed E-state index contributed by atoms with van der Waals surface area (Å²) in [5, 5.41) is 3.27. The van der Waals surface area contributed by atoms with Crippen LogP contribution >= 0.6 is 0 Å². The standard InChI is InChI=1S/C13H20N2O/c1-9(2)7-8-15-11-6-4-5-10(3)12(11)13(14)16/h4-6,9,15H,7-8H2,1-3H3,(H2,14,16). The molecule has 3 nitrogen and oxygen atoms in total. The fraction of sp³-hybridized carbons (Fsp3) is 0.462. The van der Waals surface area contributed by atoms with Crippen molar-refractivity contribution >= 4 is 11.6 Å². The van der Waals surface area contributed by atoms with Gasteiger partial charge in [0.15, 0.2) is 0 Å². The lowest BCUT2D eigenvalue weighted by atomic mass is 10.1. The molecule has 3 heteroatoms. The number of nitrogens with two attached hydrogens (primary N) is 1. The summed E-state index contributed by atoms with van der Waals surface area (Å²) in [7, 11) is 0. The average molecular weight is 220 g/mol. The van der Waals surface area contributed by atoms with Crippen LogP contribution in [-0.2, 0) is 0 Å². The third kappa shape index (κ3) is 3.26. The highest BCUT2D eigenvalue weighted by Crippen LogP contribution is 2.19. The Morgan fingerprint density at radius 1 is 1.44 bits per heavy atom. The van der Waals surface area contributed by atoms with Crippen LogP contribution in [-0.4, -0.2) is 12.5 Å². The largest absolute Gasteiger partial charge is 0.384 e. The number of anilines is 1. The number of carbonyl (C=O) groups is 1. The molecule has 1 aromatic rings. The number of amides is 1. The Morgan fingerprint density at radius 2 is 2.12 bits per heavy atom. The van der Waals surface area contributed by atoms with Crippen molar-refractivity contribution in [1.82, 2.24) is 0 Å². The van der Waals surface area contributed by atoms with Gasteiger partial charge in [0.05, 0.1) is 5.56 Å². The second-order valence-electron chi connectivity index (χ2n) is 4.47. The summed E-state index contributed by atoms with van der Waals surface area (Å²) in [5.74, 6) is 0.277. The maximum Gasteiger partial charge on any atom is 0.251 e. The van der Waals surface area contributed by atoms with Gasteiger partial charge in [-0.25, -0.2) is 0 Å². The van der Waals surface area contributed by atoms with E-state index in [0.29, 0.717) is 11.5 Å². The molecule has 88 valence electrons. The van der Waals surface area contributed by atoms with Gasteiger partial charge in [0.1, 0.15) is 0 Å². The highest BCUT2D eigenvalue weighted by molar-refractivity contribution is 5.99. The zero-order valence-corrected chi connectivity index (χ0v) is 10.2. The maximum absolute atomic E-state index is 11.3. The maximum atomic E-state index is 11.3. The molecule has 1 aromatic carbocycles. The summed E-state index contributed by atoms with van der Waals surface area (Å²) in [5.41, 5.74) is 7.73. The molecule has 16 heavy (non-hydrogen) atoms. The number of rotatable bonds is 5. The van der Waals surface area contributed by atoms with Gasteiger partial charge in [0.2, 0.25) is 0 Å². The summed E-state index contributed by atoms with van der Waals surface area (Å²) >= 11 is 0. The van der Waals surface area contributed by atoms with E-state index >= 15 is 0 Å². The molecule has 3 N–H and O–H groups in total. The number of hydrogen-bond donors (Lipinski definition) is 2. The topological polar surface area (TPSA) is 55.1 Å². The third-order valence-corrected chi connectivity index (χ3v) is 2.56. The van der Waals surface area contributed by atoms with Crippen LogP contribution in [0.2, 0.25) is 0 Å². The molecular formula is C13H20N2O. The second-order valence-corrected chi connectivity index (χ2v) is 4.47. The Labute approximate surface area is 97.0 Å². The van der Waals surface area contributed by atoms with Gasteiger partial charge in [-0.15, -0.1) is 0 Å². The van der Waals surface area contributed by atoms with Crippen LogP contribution in [0.3, 0.4) is 0 Å². The van der Waals surface area contributed by atoms with Crippen molar-refractivity contribution < 1.29 is 4.79 Å². The molecule has 0 unspecified atom stereocenters. The number of aryl methyl sites for hydroxylation is 1. The molecule has 0 heterocycles. The number of primary amides is 1. The number of benzene rings is 1. The Morgan fingerprint density at radius 3 is 2.69 bits per heavy atom. The predicted octanol–water partition coefficient (Wildman–Crippen LogP) is 2.55. The van der Waals surface area contributed by atoms with E-state index < -0.39 is 0 Å². The zero-order chi connectivity index (χ0) is 12.1. The van der Waals surface area contributed by atoms with Gasteiger partial charge in [-0.2, -0.15) is 0 Å². The molecule has 1 rings (SSSR count). The monoisotopic (exact) mass is 220 g/mol. The van der Waals surface area contributed by atoms with Crippen molar-refractivity contribution in [2.75, 3.05) is 11.9 Å². The summed E-state index contributed by atoms with van der Waals surface area (Å²) in [6.07, 6.45) is 1.08. The summed E-state index contributed by atoms with van der Waals surface area (Å²) in [6.45, 7) is 7.11. The quantitative estimate of drug-likeness (QED) is 0.801. The van der Waals surface area contributed by atoms with Crippen molar-refractivity contribution in [2.24, 2.45) is 11.7 Å². The SMILES string of the molecule is Cc1cccc(NCCC(C)C)c1C(N)=O. The molecule has 0 aliphatic carbocycles. The fourth-order valence-corrected chi connectivity index (χ4v) is 1.64. The fourth-order valence-electron chi connectivity index (χ4n) is 1.64. The van der Waals surface area contributed by atoms with Crippen molar-refractivity contribution in [3.63, 3.8) is 0 Å². The summed E-state index contributed by atoms with van der Waals surface area (Å²) < 4.78 is 0. The van der Waals surface area contributed by atoms with Crippen LogP contribution in [0.1, 0.15) is 36.2 Å². The molecule has 0 aliphatic rings. The van der Waals surface area contributed by atoms with Crippen molar-refractivity contribution in [2.45, 2.75) is 27.2 Å². The lowest BCUT2D eigenvalue weighted by Gasteiger charge is -2.13. The minimum Gasteiger partial charge on any atom is -0.384 e. The van der Waals surface area contributed by atoms with Crippen LogP contribution in [0.15, 0.2) is 18.2 Å². The molecule has 0 aliphatic heterocycles. The van der Waals surface area contributed by atoms with E-state index in [1.54, 1.807) is 0 Å². The normalized spacial score (nSPS) is 10.5. The first kappa shape index (κ1) is 12.6. The Bertz CT molecular complexity index is 372. The lowest BCUT2D eigenvalue weighted by Crippen LogP contribution is -2.16. The first-order chi connectivity index (χ1) is 7.52. The van der Waals surface area contributed by atoms with E-state index in [0.717, 1.165) is 24.2 Å². The molecule has 0 saturated carbocycles. The molecule has 0 radical (unpaired) electrons. The van der Waals surface area contributed by atoms with Gasteiger partial charge in [0, 0.05) is 12.2 Å². The van der Waals surface area contributed by atoms with E-state index in [1.807, 2.05) is 25.1 Å². The van der Waals surface area contributed by atoms with Crippen LogP contribution in [0.5, 0.6) is 0 Å². The number of hydrogen-bond acceptors (Lipinski definition) is 2. The van der Waals surface area contributed by atoms with Gasteiger partial charge >= 0.3 is 0 Å². The first-order valence-electron chi connectivity index (χ1n) is 5.65. The van der Waals surface area contributed by atoms with E-state index in [1.165, 1.54) is 0 Å². The second kappa shape index (κ2) is 5.54. The van der Waals surface area contributed by atoms with Gasteiger partial charge in [-0.05, 0) is 30.9 Å². The van der Waals surface area contributed by atoms with Gasteiger partial charge < -0.3 is 11.1 Å². The predicted molar refractivity (Wildman–Crippen MR) is 67.6 cm³/mol. The first-order valence-corrected chi connectivity index (χ1v) is 5.65. The molecule has 0 aromatic heterocycles. The van der Waals surface area contributed by atoms with Gasteiger partial charge in [0.25, 0.3) is 5.91 Å². The average Bonchev–Trinajstić information content (AvgIpc) is 2.16.